The molecule has 22 heavy (non-hydrogen) atoms. The molecule has 7 heteroatoms. The molecular formula is C15H20N2O5. The molecule has 0 bridgehead atoms. The highest BCUT2D eigenvalue weighted by atomic mass is 16.6. The van der Waals surface area contributed by atoms with Gasteiger partial charge in [-0.15, -0.1) is 0 Å². The molecule has 1 unspecified atom stereocenters. The van der Waals surface area contributed by atoms with Crippen molar-refractivity contribution in [2.45, 2.75) is 26.3 Å². The number of carbonyl (C=O) groups excluding carboxylic acids is 1. The zero-order valence-corrected chi connectivity index (χ0v) is 12.6. The van der Waals surface area contributed by atoms with Gasteiger partial charge in [0.1, 0.15) is 19.3 Å². The summed E-state index contributed by atoms with van der Waals surface area (Å²) in [4.78, 5) is 23.2. The largest absolute Gasteiger partial charge is 0.486 e. The number of carboxylic acid groups (broad SMARTS) is 1. The van der Waals surface area contributed by atoms with Crippen LogP contribution in [0, 0.1) is 5.92 Å². The van der Waals surface area contributed by atoms with Crippen LogP contribution in [0.5, 0.6) is 11.5 Å². The third-order valence-electron chi connectivity index (χ3n) is 3.57. The van der Waals surface area contributed by atoms with Gasteiger partial charge in [0.2, 0.25) is 0 Å². The van der Waals surface area contributed by atoms with Gasteiger partial charge in [-0.25, -0.2) is 9.59 Å². The highest BCUT2D eigenvalue weighted by Crippen LogP contribution is 2.32. The number of carboxylic acids is 1. The maximum atomic E-state index is 12.0. The van der Waals surface area contributed by atoms with Crippen LogP contribution in [0.1, 0.15) is 20.3 Å². The Labute approximate surface area is 128 Å². The van der Waals surface area contributed by atoms with Crippen molar-refractivity contribution in [3.8, 4) is 11.5 Å². The van der Waals surface area contributed by atoms with E-state index < -0.39 is 18.0 Å². The lowest BCUT2D eigenvalue weighted by molar-refractivity contribution is -0.140. The molecule has 7 nitrogen and oxygen atoms in total. The van der Waals surface area contributed by atoms with E-state index in [9.17, 15) is 9.59 Å². The van der Waals surface area contributed by atoms with Gasteiger partial charge in [0.15, 0.2) is 11.5 Å². The number of aliphatic carboxylic acids is 1. The average molecular weight is 308 g/mol. The van der Waals surface area contributed by atoms with Gasteiger partial charge in [-0.05, 0) is 18.1 Å². The van der Waals surface area contributed by atoms with Gasteiger partial charge in [-0.1, -0.05) is 20.3 Å². The number of rotatable bonds is 5. The molecule has 0 saturated carbocycles. The second-order valence-electron chi connectivity index (χ2n) is 5.16. The van der Waals surface area contributed by atoms with Crippen molar-refractivity contribution >= 4 is 17.7 Å². The highest BCUT2D eigenvalue weighted by Gasteiger charge is 2.25. The monoisotopic (exact) mass is 308 g/mol. The second-order valence-corrected chi connectivity index (χ2v) is 5.16. The van der Waals surface area contributed by atoms with Gasteiger partial charge < -0.3 is 25.2 Å². The number of fused-ring (bicyclic) bond motifs is 1. The molecular weight excluding hydrogens is 288 g/mol. The van der Waals surface area contributed by atoms with Gasteiger partial charge in [0, 0.05) is 11.8 Å². The number of nitrogens with one attached hydrogen (secondary N) is 2. The van der Waals surface area contributed by atoms with Crippen molar-refractivity contribution in [1.29, 1.82) is 0 Å². The first-order valence-corrected chi connectivity index (χ1v) is 7.21. The minimum absolute atomic E-state index is 0.163. The van der Waals surface area contributed by atoms with Crippen LogP contribution in [0.25, 0.3) is 0 Å². The van der Waals surface area contributed by atoms with Gasteiger partial charge >= 0.3 is 12.0 Å². The molecule has 1 aliphatic rings. The zero-order chi connectivity index (χ0) is 16.1. The molecule has 1 aliphatic heterocycles. The van der Waals surface area contributed by atoms with E-state index in [1.54, 1.807) is 25.1 Å². The summed E-state index contributed by atoms with van der Waals surface area (Å²) < 4.78 is 10.8. The van der Waals surface area contributed by atoms with Crippen LogP contribution in [0.3, 0.4) is 0 Å². The fourth-order valence-corrected chi connectivity index (χ4v) is 2.11. The normalized spacial score (nSPS) is 15.5. The van der Waals surface area contributed by atoms with Crippen LogP contribution in [0.15, 0.2) is 18.2 Å². The Hall–Kier alpha value is -2.44. The summed E-state index contributed by atoms with van der Waals surface area (Å²) >= 11 is 0. The summed E-state index contributed by atoms with van der Waals surface area (Å²) in [5.41, 5.74) is 0.509. The van der Waals surface area contributed by atoms with Crippen molar-refractivity contribution in [1.82, 2.24) is 5.32 Å². The topological polar surface area (TPSA) is 96.9 Å². The van der Waals surface area contributed by atoms with Crippen LogP contribution < -0.4 is 20.1 Å². The minimum atomic E-state index is -1.05. The van der Waals surface area contributed by atoms with Crippen molar-refractivity contribution in [2.24, 2.45) is 5.92 Å². The van der Waals surface area contributed by atoms with E-state index in [4.69, 9.17) is 14.6 Å². The van der Waals surface area contributed by atoms with E-state index in [-0.39, 0.29) is 5.92 Å². The van der Waals surface area contributed by atoms with E-state index in [1.807, 2.05) is 6.92 Å². The molecule has 0 aromatic heterocycles. The number of benzene rings is 1. The second kappa shape index (κ2) is 7.02. The molecule has 2 atom stereocenters. The van der Waals surface area contributed by atoms with Crippen LogP contribution in [-0.4, -0.2) is 36.4 Å². The van der Waals surface area contributed by atoms with Crippen molar-refractivity contribution in [3.05, 3.63) is 18.2 Å². The SMILES string of the molecule is CCC(C)[C@H](NC(=O)Nc1ccc2c(c1)OCCO2)C(=O)O. The number of hydrogen-bond acceptors (Lipinski definition) is 4. The van der Waals surface area contributed by atoms with Crippen LogP contribution in [0.4, 0.5) is 10.5 Å². The van der Waals surface area contributed by atoms with Crippen LogP contribution in [0.2, 0.25) is 0 Å². The Balaban J connectivity index is 2.00. The summed E-state index contributed by atoms with van der Waals surface area (Å²) in [7, 11) is 0. The summed E-state index contributed by atoms with van der Waals surface area (Å²) in [6, 6.07) is 3.53. The van der Waals surface area contributed by atoms with Crippen LogP contribution in [-0.2, 0) is 4.79 Å². The molecule has 0 radical (unpaired) electrons. The third kappa shape index (κ3) is 3.81. The molecule has 0 saturated heterocycles. The molecule has 3 N–H and O–H groups in total. The van der Waals surface area contributed by atoms with Gasteiger partial charge in [0.25, 0.3) is 0 Å². The predicted octanol–water partition coefficient (Wildman–Crippen LogP) is 2.08. The Morgan fingerprint density at radius 3 is 2.59 bits per heavy atom. The third-order valence-corrected chi connectivity index (χ3v) is 3.57. The summed E-state index contributed by atoms with van der Waals surface area (Å²) in [5.74, 6) is -0.0313. The summed E-state index contributed by atoms with van der Waals surface area (Å²) in [6.07, 6.45) is 0.654. The quantitative estimate of drug-likeness (QED) is 0.774. The van der Waals surface area contributed by atoms with E-state index in [0.29, 0.717) is 36.8 Å². The maximum absolute atomic E-state index is 12.0. The molecule has 1 heterocycles. The first-order valence-electron chi connectivity index (χ1n) is 7.21. The number of carbonyl (C=O) groups is 2. The van der Waals surface area contributed by atoms with Crippen LogP contribution >= 0.6 is 0 Å². The molecule has 0 aliphatic carbocycles. The van der Waals surface area contributed by atoms with E-state index in [2.05, 4.69) is 10.6 Å². The molecule has 1 aromatic rings. The predicted molar refractivity (Wildman–Crippen MR) is 80.5 cm³/mol. The highest BCUT2D eigenvalue weighted by molar-refractivity contribution is 5.92. The Bertz CT molecular complexity index is 561. The number of ether oxygens (including phenoxy) is 2. The first-order chi connectivity index (χ1) is 10.5. The van der Waals surface area contributed by atoms with Crippen molar-refractivity contribution < 1.29 is 24.2 Å². The number of urea groups is 1. The average Bonchev–Trinajstić information content (AvgIpc) is 2.51. The lowest BCUT2D eigenvalue weighted by Crippen LogP contribution is -2.46. The number of anilines is 1. The van der Waals surface area contributed by atoms with Crippen molar-refractivity contribution in [2.75, 3.05) is 18.5 Å². The minimum Gasteiger partial charge on any atom is -0.486 e. The lowest BCUT2D eigenvalue weighted by atomic mass is 9.99. The van der Waals surface area contributed by atoms with Gasteiger partial charge in [-0.3, -0.25) is 0 Å². The molecule has 0 spiro atoms. The Kier molecular flexibility index (Phi) is 5.08. The molecule has 2 rings (SSSR count). The first kappa shape index (κ1) is 15.9. The molecule has 1 aromatic carbocycles. The van der Waals surface area contributed by atoms with Crippen molar-refractivity contribution in [3.63, 3.8) is 0 Å². The molecule has 120 valence electrons. The number of amides is 2. The van der Waals surface area contributed by atoms with E-state index in [1.165, 1.54) is 0 Å². The Morgan fingerprint density at radius 2 is 1.95 bits per heavy atom. The van der Waals surface area contributed by atoms with E-state index >= 15 is 0 Å². The summed E-state index contributed by atoms with van der Waals surface area (Å²) in [6.45, 7) is 4.61. The molecule has 2 amide bonds. The molecule has 0 fully saturated rings. The Morgan fingerprint density at radius 1 is 1.27 bits per heavy atom. The summed E-state index contributed by atoms with van der Waals surface area (Å²) in [5, 5.41) is 14.3. The standard InChI is InChI=1S/C15H20N2O5/c1-3-9(2)13(14(18)19)17-15(20)16-10-4-5-11-12(8-10)22-7-6-21-11/h4-5,8-9,13H,3,6-7H2,1-2H3,(H,18,19)(H2,16,17,20)/t9?,13-/m0/s1. The lowest BCUT2D eigenvalue weighted by Gasteiger charge is -2.21. The fourth-order valence-electron chi connectivity index (χ4n) is 2.11. The smallest absolute Gasteiger partial charge is 0.326 e. The van der Waals surface area contributed by atoms with E-state index in [0.717, 1.165) is 0 Å². The number of hydrogen-bond donors (Lipinski definition) is 3. The fraction of sp³-hybridized carbons (Fsp3) is 0.467. The zero-order valence-electron chi connectivity index (χ0n) is 12.6. The van der Waals surface area contributed by atoms with Gasteiger partial charge in [-0.2, -0.15) is 0 Å². The van der Waals surface area contributed by atoms with Gasteiger partial charge in [0.05, 0.1) is 0 Å². The maximum Gasteiger partial charge on any atom is 0.326 e.